The standard InChI is InChI=1S/C24H24ClNO5/c25-19-11-23-22(30-14-31-23)10-17(19)12-26-20-7-6-18(8-16(20)9-21(26)24(27)28)29-13-15-4-2-1-3-5-15/h6-11,15H,1-5,12-14H2,(H,27,28). The highest BCUT2D eigenvalue weighted by molar-refractivity contribution is 6.31. The van der Waals surface area contributed by atoms with E-state index >= 15 is 0 Å². The quantitative estimate of drug-likeness (QED) is 0.529. The fourth-order valence-electron chi connectivity index (χ4n) is 4.50. The topological polar surface area (TPSA) is 69.9 Å². The summed E-state index contributed by atoms with van der Waals surface area (Å²) in [5.41, 5.74) is 1.79. The van der Waals surface area contributed by atoms with Crippen LogP contribution in [0.2, 0.25) is 5.02 Å². The molecule has 0 bridgehead atoms. The predicted molar refractivity (Wildman–Crippen MR) is 118 cm³/mol. The fourth-order valence-corrected chi connectivity index (χ4v) is 4.72. The Hall–Kier alpha value is -2.86. The van der Waals surface area contributed by atoms with Gasteiger partial charge in [-0.05, 0) is 54.7 Å². The molecule has 6 nitrogen and oxygen atoms in total. The Bertz CT molecular complexity index is 1130. The highest BCUT2D eigenvalue weighted by Gasteiger charge is 2.20. The molecule has 0 unspecified atom stereocenters. The number of benzene rings is 2. The molecule has 1 N–H and O–H groups in total. The Kier molecular flexibility index (Phi) is 5.40. The molecule has 1 fully saturated rings. The summed E-state index contributed by atoms with van der Waals surface area (Å²) in [5.74, 6) is 1.61. The van der Waals surface area contributed by atoms with E-state index in [4.69, 9.17) is 25.8 Å². The number of aromatic carboxylic acids is 1. The molecule has 2 aromatic carbocycles. The van der Waals surface area contributed by atoms with Gasteiger partial charge in [0.2, 0.25) is 6.79 Å². The van der Waals surface area contributed by atoms with Crippen LogP contribution in [0.5, 0.6) is 17.2 Å². The summed E-state index contributed by atoms with van der Waals surface area (Å²) in [4.78, 5) is 11.9. The Morgan fingerprint density at radius 3 is 2.65 bits per heavy atom. The summed E-state index contributed by atoms with van der Waals surface area (Å²) >= 11 is 6.43. The first-order chi connectivity index (χ1) is 15.1. The minimum atomic E-state index is -0.988. The van der Waals surface area contributed by atoms with E-state index in [1.165, 1.54) is 32.1 Å². The van der Waals surface area contributed by atoms with E-state index in [0.717, 1.165) is 22.2 Å². The molecule has 0 radical (unpaired) electrons. The van der Waals surface area contributed by atoms with Crippen molar-refractivity contribution in [1.82, 2.24) is 4.57 Å². The van der Waals surface area contributed by atoms with Crippen LogP contribution in [0.15, 0.2) is 36.4 Å². The number of fused-ring (bicyclic) bond motifs is 2. The third-order valence-electron chi connectivity index (χ3n) is 6.17. The van der Waals surface area contributed by atoms with E-state index in [9.17, 15) is 9.90 Å². The second-order valence-corrected chi connectivity index (χ2v) is 8.66. The van der Waals surface area contributed by atoms with E-state index in [-0.39, 0.29) is 12.5 Å². The molecule has 0 atom stereocenters. The van der Waals surface area contributed by atoms with Gasteiger partial charge in [-0.1, -0.05) is 30.9 Å². The molecular formula is C24H24ClNO5. The molecule has 0 saturated heterocycles. The maximum absolute atomic E-state index is 11.9. The largest absolute Gasteiger partial charge is 0.493 e. The number of carboxylic acid groups (broad SMARTS) is 1. The lowest BCUT2D eigenvalue weighted by atomic mass is 9.90. The Labute approximate surface area is 185 Å². The van der Waals surface area contributed by atoms with Crippen molar-refractivity contribution in [3.63, 3.8) is 0 Å². The maximum atomic E-state index is 11.9. The van der Waals surface area contributed by atoms with Gasteiger partial charge in [0.1, 0.15) is 11.4 Å². The second-order valence-electron chi connectivity index (χ2n) is 8.25. The highest BCUT2D eigenvalue weighted by Crippen LogP contribution is 2.38. The monoisotopic (exact) mass is 441 g/mol. The first kappa shape index (κ1) is 20.1. The van der Waals surface area contributed by atoms with Crippen molar-refractivity contribution < 1.29 is 24.1 Å². The maximum Gasteiger partial charge on any atom is 0.352 e. The normalized spacial score (nSPS) is 16.0. The summed E-state index contributed by atoms with van der Waals surface area (Å²) in [6.45, 7) is 1.18. The van der Waals surface area contributed by atoms with Gasteiger partial charge >= 0.3 is 5.97 Å². The highest BCUT2D eigenvalue weighted by atomic mass is 35.5. The van der Waals surface area contributed by atoms with Crippen molar-refractivity contribution in [2.24, 2.45) is 5.92 Å². The third kappa shape index (κ3) is 4.04. The lowest BCUT2D eigenvalue weighted by Gasteiger charge is -2.21. The number of nitrogens with zero attached hydrogens (tertiary/aromatic N) is 1. The number of rotatable bonds is 6. The zero-order valence-corrected chi connectivity index (χ0v) is 17.9. The average Bonchev–Trinajstić information content (AvgIpc) is 3.37. The molecule has 0 spiro atoms. The van der Waals surface area contributed by atoms with Crippen LogP contribution in [0.25, 0.3) is 10.9 Å². The molecule has 1 aromatic heterocycles. The van der Waals surface area contributed by atoms with Crippen molar-refractivity contribution in [3.05, 3.63) is 52.7 Å². The zero-order chi connectivity index (χ0) is 21.4. The van der Waals surface area contributed by atoms with Crippen molar-refractivity contribution in [2.45, 2.75) is 38.6 Å². The van der Waals surface area contributed by atoms with Crippen molar-refractivity contribution in [1.29, 1.82) is 0 Å². The number of hydrogen-bond acceptors (Lipinski definition) is 4. The number of aromatic nitrogens is 1. The number of hydrogen-bond donors (Lipinski definition) is 1. The van der Waals surface area contributed by atoms with Crippen LogP contribution >= 0.6 is 11.6 Å². The molecule has 2 aliphatic rings. The van der Waals surface area contributed by atoms with Gasteiger partial charge in [0.25, 0.3) is 0 Å². The van der Waals surface area contributed by atoms with Crippen LogP contribution in [0.1, 0.15) is 48.2 Å². The molecular weight excluding hydrogens is 418 g/mol. The molecule has 1 aliphatic heterocycles. The first-order valence-corrected chi connectivity index (χ1v) is 11.0. The first-order valence-electron chi connectivity index (χ1n) is 10.7. The van der Waals surface area contributed by atoms with Gasteiger partial charge in [0.05, 0.1) is 13.2 Å². The van der Waals surface area contributed by atoms with Crippen molar-refractivity contribution in [3.8, 4) is 17.2 Å². The van der Waals surface area contributed by atoms with Crippen LogP contribution in [0, 0.1) is 5.92 Å². The van der Waals surface area contributed by atoms with Crippen LogP contribution < -0.4 is 14.2 Å². The summed E-state index contributed by atoms with van der Waals surface area (Å²) in [7, 11) is 0. The molecule has 3 aromatic rings. The third-order valence-corrected chi connectivity index (χ3v) is 6.52. The smallest absolute Gasteiger partial charge is 0.352 e. The molecule has 162 valence electrons. The SMILES string of the molecule is O=C(O)c1cc2cc(OCC3CCCCC3)ccc2n1Cc1cc2c(cc1Cl)OCO2. The van der Waals surface area contributed by atoms with Gasteiger partial charge < -0.3 is 23.9 Å². The van der Waals surface area contributed by atoms with Crippen LogP contribution in [0.4, 0.5) is 0 Å². The molecule has 2 heterocycles. The van der Waals surface area contributed by atoms with Gasteiger partial charge in [-0.25, -0.2) is 4.79 Å². The van der Waals surface area contributed by atoms with Gasteiger partial charge in [-0.2, -0.15) is 0 Å². The van der Waals surface area contributed by atoms with Gasteiger partial charge in [0, 0.05) is 22.0 Å². The van der Waals surface area contributed by atoms with E-state index < -0.39 is 5.97 Å². The molecule has 7 heteroatoms. The van der Waals surface area contributed by atoms with E-state index in [0.29, 0.717) is 35.6 Å². The van der Waals surface area contributed by atoms with Crippen LogP contribution in [-0.2, 0) is 6.54 Å². The van der Waals surface area contributed by atoms with E-state index in [1.54, 1.807) is 16.7 Å². The van der Waals surface area contributed by atoms with Gasteiger partial charge in [-0.15, -0.1) is 0 Å². The average molecular weight is 442 g/mol. The molecule has 1 aliphatic carbocycles. The molecule has 0 amide bonds. The Morgan fingerprint density at radius 2 is 1.87 bits per heavy atom. The molecule has 5 rings (SSSR count). The van der Waals surface area contributed by atoms with Crippen LogP contribution in [0.3, 0.4) is 0 Å². The van der Waals surface area contributed by atoms with E-state index in [1.807, 2.05) is 24.3 Å². The van der Waals surface area contributed by atoms with Gasteiger partial charge in [0.15, 0.2) is 11.5 Å². The fraction of sp³-hybridized carbons (Fsp3) is 0.375. The summed E-state index contributed by atoms with van der Waals surface area (Å²) in [6.07, 6.45) is 6.32. The Balaban J connectivity index is 1.43. The molecule has 31 heavy (non-hydrogen) atoms. The minimum Gasteiger partial charge on any atom is -0.493 e. The summed E-state index contributed by atoms with van der Waals surface area (Å²) in [5, 5.41) is 11.1. The van der Waals surface area contributed by atoms with Crippen molar-refractivity contribution >= 4 is 28.5 Å². The molecule has 1 saturated carbocycles. The number of carboxylic acids is 1. The second kappa shape index (κ2) is 8.35. The van der Waals surface area contributed by atoms with Gasteiger partial charge in [-0.3, -0.25) is 0 Å². The summed E-state index contributed by atoms with van der Waals surface area (Å²) in [6, 6.07) is 11.0. The van der Waals surface area contributed by atoms with E-state index in [2.05, 4.69) is 0 Å². The lowest BCUT2D eigenvalue weighted by molar-refractivity contribution is 0.0686. The predicted octanol–water partition coefficient (Wildman–Crippen LogP) is 5.73. The zero-order valence-electron chi connectivity index (χ0n) is 17.1. The number of ether oxygens (including phenoxy) is 3. The number of halogens is 1. The van der Waals surface area contributed by atoms with Crippen molar-refractivity contribution in [2.75, 3.05) is 13.4 Å². The number of carbonyl (C=O) groups is 1. The van der Waals surface area contributed by atoms with Crippen LogP contribution in [-0.4, -0.2) is 29.0 Å². The lowest BCUT2D eigenvalue weighted by Crippen LogP contribution is -2.15. The summed E-state index contributed by atoms with van der Waals surface area (Å²) < 4.78 is 18.6. The minimum absolute atomic E-state index is 0.158. The Morgan fingerprint density at radius 1 is 1.10 bits per heavy atom.